The molecular weight excluding hydrogens is 477 g/mol. The van der Waals surface area contributed by atoms with E-state index in [1.165, 1.54) is 30.6 Å². The minimum atomic E-state index is -4.94. The Hall–Kier alpha value is -4.34. The predicted molar refractivity (Wildman–Crippen MR) is 124 cm³/mol. The van der Waals surface area contributed by atoms with Gasteiger partial charge in [-0.15, -0.1) is 13.2 Å². The van der Waals surface area contributed by atoms with Crippen molar-refractivity contribution in [2.24, 2.45) is 0 Å². The number of anilines is 1. The molecule has 0 spiro atoms. The maximum atomic E-state index is 13.2. The highest BCUT2D eigenvalue weighted by Crippen LogP contribution is 2.43. The van der Waals surface area contributed by atoms with Crippen LogP contribution in [0, 0.1) is 0 Å². The summed E-state index contributed by atoms with van der Waals surface area (Å²) in [5, 5.41) is 11.2. The number of carbonyl (C=O) groups excluding carboxylic acids is 2. The highest BCUT2D eigenvalue weighted by Gasteiger charge is 2.47. The number of hydrogen-bond acceptors (Lipinski definition) is 6. The number of amides is 1. The van der Waals surface area contributed by atoms with Crippen LogP contribution in [0.1, 0.15) is 31.0 Å². The second kappa shape index (κ2) is 9.73. The van der Waals surface area contributed by atoms with E-state index in [4.69, 9.17) is 4.74 Å². The molecule has 1 atom stereocenters. The minimum absolute atomic E-state index is 0.0170. The standard InChI is InChI=1S/C26H21F3N2O5/c1-15(2)35-19-7-3-5-17(13-19)23(32)21-22(16-9-11-30-12-10-16)31(25(34)24(21)33)18-6-4-8-20(14-18)36-26(27,28)29/h3-15,22,32H,1-2H3/b23-21+. The van der Waals surface area contributed by atoms with Crippen LogP contribution in [-0.4, -0.2) is 34.2 Å². The number of aliphatic hydroxyl groups is 1. The number of carbonyl (C=O) groups is 2. The van der Waals surface area contributed by atoms with E-state index >= 15 is 0 Å². The second-order valence-corrected chi connectivity index (χ2v) is 8.19. The Labute approximate surface area is 204 Å². The number of pyridine rings is 1. The van der Waals surface area contributed by atoms with Gasteiger partial charge in [0, 0.05) is 29.7 Å². The topological polar surface area (TPSA) is 89.0 Å². The Bertz CT molecular complexity index is 1320. The monoisotopic (exact) mass is 498 g/mol. The number of benzene rings is 2. The summed E-state index contributed by atoms with van der Waals surface area (Å²) in [6.07, 6.45) is -2.21. The molecule has 2 aromatic carbocycles. The summed E-state index contributed by atoms with van der Waals surface area (Å²) in [4.78, 5) is 31.3. The number of nitrogens with zero attached hydrogens (tertiary/aromatic N) is 2. The summed E-state index contributed by atoms with van der Waals surface area (Å²) in [7, 11) is 0. The van der Waals surface area contributed by atoms with Gasteiger partial charge in [-0.1, -0.05) is 18.2 Å². The van der Waals surface area contributed by atoms with Gasteiger partial charge in [-0.25, -0.2) is 0 Å². The molecule has 0 aliphatic carbocycles. The summed E-state index contributed by atoms with van der Waals surface area (Å²) in [5.74, 6) is -2.58. The summed E-state index contributed by atoms with van der Waals surface area (Å²) < 4.78 is 48.0. The first-order valence-corrected chi connectivity index (χ1v) is 10.9. The van der Waals surface area contributed by atoms with Crippen LogP contribution in [0.3, 0.4) is 0 Å². The van der Waals surface area contributed by atoms with Gasteiger partial charge in [0.2, 0.25) is 0 Å². The van der Waals surface area contributed by atoms with Gasteiger partial charge in [0.1, 0.15) is 17.3 Å². The van der Waals surface area contributed by atoms with Gasteiger partial charge in [0.25, 0.3) is 11.7 Å². The van der Waals surface area contributed by atoms with Crippen LogP contribution in [0.5, 0.6) is 11.5 Å². The van der Waals surface area contributed by atoms with Crippen molar-refractivity contribution in [3.05, 3.63) is 89.8 Å². The molecule has 2 heterocycles. The van der Waals surface area contributed by atoms with Crippen molar-refractivity contribution in [2.45, 2.75) is 32.4 Å². The summed E-state index contributed by atoms with van der Waals surface area (Å²) in [6.45, 7) is 3.66. The molecule has 0 bridgehead atoms. The number of Topliss-reactive ketones (excluding diaryl/α,β-unsaturated/α-hetero) is 1. The van der Waals surface area contributed by atoms with Crippen molar-refractivity contribution in [1.82, 2.24) is 4.98 Å². The van der Waals surface area contributed by atoms with Gasteiger partial charge in [0.05, 0.1) is 17.7 Å². The van der Waals surface area contributed by atoms with Crippen molar-refractivity contribution in [3.63, 3.8) is 0 Å². The van der Waals surface area contributed by atoms with E-state index in [2.05, 4.69) is 9.72 Å². The van der Waals surface area contributed by atoms with Gasteiger partial charge in [-0.05, 0) is 55.8 Å². The third kappa shape index (κ3) is 5.17. The summed E-state index contributed by atoms with van der Waals surface area (Å²) in [6, 6.07) is 13.1. The summed E-state index contributed by atoms with van der Waals surface area (Å²) >= 11 is 0. The molecule has 1 aliphatic heterocycles. The van der Waals surface area contributed by atoms with E-state index < -0.39 is 35.6 Å². The zero-order valence-electron chi connectivity index (χ0n) is 19.2. The average Bonchev–Trinajstić information content (AvgIpc) is 3.08. The van der Waals surface area contributed by atoms with Crippen LogP contribution in [-0.2, 0) is 9.59 Å². The molecule has 0 radical (unpaired) electrons. The Balaban J connectivity index is 1.86. The van der Waals surface area contributed by atoms with Crippen LogP contribution in [0.15, 0.2) is 78.6 Å². The lowest BCUT2D eigenvalue weighted by Crippen LogP contribution is -2.29. The van der Waals surface area contributed by atoms with E-state index in [1.807, 2.05) is 13.8 Å². The van der Waals surface area contributed by atoms with Crippen molar-refractivity contribution in [3.8, 4) is 11.5 Å². The number of ether oxygens (including phenoxy) is 2. The van der Waals surface area contributed by atoms with Crippen molar-refractivity contribution in [1.29, 1.82) is 0 Å². The SMILES string of the molecule is CC(C)Oc1cccc(/C(O)=C2\C(=O)C(=O)N(c3cccc(OC(F)(F)F)c3)C2c2ccncc2)c1. The van der Waals surface area contributed by atoms with E-state index in [0.717, 1.165) is 17.0 Å². The second-order valence-electron chi connectivity index (χ2n) is 8.19. The molecule has 1 unspecified atom stereocenters. The number of halogens is 3. The Kier molecular flexibility index (Phi) is 6.69. The van der Waals surface area contributed by atoms with Crippen LogP contribution >= 0.6 is 0 Å². The average molecular weight is 498 g/mol. The molecule has 1 aromatic heterocycles. The molecule has 1 amide bonds. The number of aliphatic hydroxyl groups excluding tert-OH is 1. The van der Waals surface area contributed by atoms with E-state index in [-0.39, 0.29) is 22.9 Å². The van der Waals surface area contributed by atoms with Gasteiger partial charge in [0.15, 0.2) is 0 Å². The fourth-order valence-corrected chi connectivity index (χ4v) is 3.93. The number of hydrogen-bond donors (Lipinski definition) is 1. The lowest BCUT2D eigenvalue weighted by Gasteiger charge is -2.25. The smallest absolute Gasteiger partial charge is 0.507 e. The van der Waals surface area contributed by atoms with Crippen LogP contribution in [0.4, 0.5) is 18.9 Å². The first-order valence-electron chi connectivity index (χ1n) is 10.9. The molecule has 186 valence electrons. The Morgan fingerprint density at radius 1 is 1.00 bits per heavy atom. The van der Waals surface area contributed by atoms with Crippen molar-refractivity contribution < 1.29 is 37.3 Å². The first kappa shape index (κ1) is 24.8. The van der Waals surface area contributed by atoms with Gasteiger partial charge < -0.3 is 14.6 Å². The predicted octanol–water partition coefficient (Wildman–Crippen LogP) is 5.39. The fourth-order valence-electron chi connectivity index (χ4n) is 3.93. The molecule has 4 rings (SSSR count). The molecule has 1 saturated heterocycles. The lowest BCUT2D eigenvalue weighted by molar-refractivity contribution is -0.274. The lowest BCUT2D eigenvalue weighted by atomic mass is 9.95. The number of rotatable bonds is 6. The Morgan fingerprint density at radius 2 is 1.67 bits per heavy atom. The maximum Gasteiger partial charge on any atom is 0.573 e. The maximum absolute atomic E-state index is 13.2. The van der Waals surface area contributed by atoms with Crippen LogP contribution in [0.25, 0.3) is 5.76 Å². The third-order valence-electron chi connectivity index (χ3n) is 5.27. The Morgan fingerprint density at radius 3 is 2.33 bits per heavy atom. The molecule has 1 N–H and O–H groups in total. The zero-order chi connectivity index (χ0) is 26.0. The zero-order valence-corrected chi connectivity index (χ0v) is 19.2. The molecule has 3 aromatic rings. The minimum Gasteiger partial charge on any atom is -0.507 e. The van der Waals surface area contributed by atoms with Crippen LogP contribution < -0.4 is 14.4 Å². The molecule has 0 saturated carbocycles. The molecular formula is C26H21F3N2O5. The summed E-state index contributed by atoms with van der Waals surface area (Å²) in [5.41, 5.74) is 0.411. The number of alkyl halides is 3. The van der Waals surface area contributed by atoms with Gasteiger partial charge >= 0.3 is 6.36 Å². The normalized spacial score (nSPS) is 17.5. The highest BCUT2D eigenvalue weighted by atomic mass is 19.4. The molecule has 36 heavy (non-hydrogen) atoms. The van der Waals surface area contributed by atoms with E-state index in [1.54, 1.807) is 30.3 Å². The number of aromatic nitrogens is 1. The first-order chi connectivity index (χ1) is 17.0. The third-order valence-corrected chi connectivity index (χ3v) is 5.27. The van der Waals surface area contributed by atoms with Gasteiger partial charge in [-0.3, -0.25) is 19.5 Å². The molecule has 1 fully saturated rings. The number of ketones is 1. The fraction of sp³-hybridized carbons (Fsp3) is 0.192. The molecule has 7 nitrogen and oxygen atoms in total. The molecule has 1 aliphatic rings. The van der Waals surface area contributed by atoms with Crippen molar-refractivity contribution in [2.75, 3.05) is 4.90 Å². The van der Waals surface area contributed by atoms with Gasteiger partial charge in [-0.2, -0.15) is 0 Å². The quantitative estimate of drug-likeness (QED) is 0.278. The highest BCUT2D eigenvalue weighted by molar-refractivity contribution is 6.51. The van der Waals surface area contributed by atoms with Crippen molar-refractivity contribution >= 4 is 23.1 Å². The van der Waals surface area contributed by atoms with E-state index in [0.29, 0.717) is 11.3 Å². The van der Waals surface area contributed by atoms with Crippen LogP contribution in [0.2, 0.25) is 0 Å². The molecule has 10 heteroatoms. The van der Waals surface area contributed by atoms with E-state index in [9.17, 15) is 27.9 Å². The largest absolute Gasteiger partial charge is 0.573 e.